The molecule has 0 aromatic heterocycles. The number of aliphatic hydroxyl groups excluding tert-OH is 2. The Morgan fingerprint density at radius 1 is 0.345 bits per heavy atom. The molecule has 0 fully saturated rings. The predicted molar refractivity (Wildman–Crippen MR) is 130 cm³/mol. The second kappa shape index (κ2) is 24.2. The Labute approximate surface area is 184 Å². The van der Waals surface area contributed by atoms with Crippen molar-refractivity contribution >= 4 is 0 Å². The zero-order chi connectivity index (χ0) is 21.4. The Hall–Kier alpha value is -0.0800. The van der Waals surface area contributed by atoms with Gasteiger partial charge in [0.25, 0.3) is 0 Å². The maximum absolute atomic E-state index is 10.2. The maximum atomic E-state index is 10.2. The minimum Gasteiger partial charge on any atom is -0.390 e. The summed E-state index contributed by atoms with van der Waals surface area (Å²) in [4.78, 5) is 0. The maximum Gasteiger partial charge on any atom is 0.0799 e. The normalized spacial score (nSPS) is 13.7. The molecule has 0 aromatic rings. The average molecular weight is 413 g/mol. The Morgan fingerprint density at radius 3 is 0.793 bits per heavy atom. The summed E-state index contributed by atoms with van der Waals surface area (Å²) in [6.45, 7) is 4.54. The lowest BCUT2D eigenvalue weighted by Crippen LogP contribution is -2.25. The fourth-order valence-corrected chi connectivity index (χ4v) is 4.24. The number of hydrogen-bond donors (Lipinski definition) is 2. The van der Waals surface area contributed by atoms with Crippen molar-refractivity contribution in [1.82, 2.24) is 0 Å². The van der Waals surface area contributed by atoms with Gasteiger partial charge >= 0.3 is 0 Å². The molecule has 2 nitrogen and oxygen atoms in total. The van der Waals surface area contributed by atoms with E-state index in [1.54, 1.807) is 0 Å². The van der Waals surface area contributed by atoms with Crippen molar-refractivity contribution in [2.75, 3.05) is 0 Å². The van der Waals surface area contributed by atoms with Gasteiger partial charge in [-0.1, -0.05) is 149 Å². The highest BCUT2D eigenvalue weighted by atomic mass is 16.3. The van der Waals surface area contributed by atoms with E-state index in [1.165, 1.54) is 122 Å². The average Bonchev–Trinajstić information content (AvgIpc) is 2.73. The number of hydrogen-bond acceptors (Lipinski definition) is 2. The molecule has 0 bridgehead atoms. The first-order valence-corrected chi connectivity index (χ1v) is 13.6. The molecule has 0 heterocycles. The Morgan fingerprint density at radius 2 is 0.552 bits per heavy atom. The van der Waals surface area contributed by atoms with Gasteiger partial charge in [-0.3, -0.25) is 0 Å². The van der Waals surface area contributed by atoms with Crippen LogP contribution < -0.4 is 0 Å². The van der Waals surface area contributed by atoms with E-state index in [4.69, 9.17) is 0 Å². The second-order valence-electron chi connectivity index (χ2n) is 9.43. The van der Waals surface area contributed by atoms with Crippen molar-refractivity contribution < 1.29 is 10.2 Å². The van der Waals surface area contributed by atoms with Gasteiger partial charge in [0.1, 0.15) is 0 Å². The van der Waals surface area contributed by atoms with Crippen LogP contribution in [0.1, 0.15) is 162 Å². The third-order valence-corrected chi connectivity index (χ3v) is 6.40. The van der Waals surface area contributed by atoms with E-state index in [1.807, 2.05) is 0 Å². The van der Waals surface area contributed by atoms with Crippen molar-refractivity contribution in [2.45, 2.75) is 174 Å². The standard InChI is InChI=1S/C27H56O2/c1-3-5-7-9-11-13-14-15-17-19-21-23-25-27(29)26(28)24-22-20-18-16-12-10-8-6-4-2/h26-29H,3-25H2,1-2H3. The molecule has 2 atom stereocenters. The van der Waals surface area contributed by atoms with Crippen molar-refractivity contribution in [3.63, 3.8) is 0 Å². The molecular weight excluding hydrogens is 356 g/mol. The highest BCUT2D eigenvalue weighted by Gasteiger charge is 2.15. The minimum atomic E-state index is -0.507. The third-order valence-electron chi connectivity index (χ3n) is 6.40. The Balaban J connectivity index is 3.29. The molecule has 0 radical (unpaired) electrons. The highest BCUT2D eigenvalue weighted by Crippen LogP contribution is 2.16. The van der Waals surface area contributed by atoms with E-state index >= 15 is 0 Å². The van der Waals surface area contributed by atoms with Crippen LogP contribution in [0.25, 0.3) is 0 Å². The van der Waals surface area contributed by atoms with Gasteiger partial charge in [-0.05, 0) is 12.8 Å². The first-order chi connectivity index (χ1) is 14.2. The number of rotatable bonds is 24. The third kappa shape index (κ3) is 22.4. The first-order valence-electron chi connectivity index (χ1n) is 13.6. The SMILES string of the molecule is CCCCCCCCCCCCCCC(O)C(O)CCCCCCCCCCC. The molecule has 0 amide bonds. The van der Waals surface area contributed by atoms with Gasteiger partial charge < -0.3 is 10.2 Å². The summed E-state index contributed by atoms with van der Waals surface area (Å²) in [6.07, 6.45) is 28.3. The van der Waals surface area contributed by atoms with E-state index in [9.17, 15) is 10.2 Å². The summed E-state index contributed by atoms with van der Waals surface area (Å²) in [5.41, 5.74) is 0. The molecule has 176 valence electrons. The molecule has 2 heteroatoms. The van der Waals surface area contributed by atoms with Crippen LogP contribution in [0.15, 0.2) is 0 Å². The van der Waals surface area contributed by atoms with Gasteiger partial charge in [0.15, 0.2) is 0 Å². The molecule has 2 N–H and O–H groups in total. The van der Waals surface area contributed by atoms with Crippen LogP contribution >= 0.6 is 0 Å². The molecule has 0 rings (SSSR count). The van der Waals surface area contributed by atoms with Gasteiger partial charge in [-0.15, -0.1) is 0 Å². The largest absolute Gasteiger partial charge is 0.390 e. The molecule has 0 saturated heterocycles. The van der Waals surface area contributed by atoms with Crippen molar-refractivity contribution in [3.05, 3.63) is 0 Å². The lowest BCUT2D eigenvalue weighted by molar-refractivity contribution is 0.00711. The molecule has 0 aliphatic heterocycles. The van der Waals surface area contributed by atoms with Crippen LogP contribution in [-0.4, -0.2) is 22.4 Å². The summed E-state index contributed by atoms with van der Waals surface area (Å²) in [6, 6.07) is 0. The second-order valence-corrected chi connectivity index (χ2v) is 9.43. The lowest BCUT2D eigenvalue weighted by atomic mass is 9.99. The molecule has 29 heavy (non-hydrogen) atoms. The van der Waals surface area contributed by atoms with Gasteiger partial charge in [0, 0.05) is 0 Å². The molecule has 2 unspecified atom stereocenters. The highest BCUT2D eigenvalue weighted by molar-refractivity contribution is 4.67. The first kappa shape index (κ1) is 28.9. The molecular formula is C27H56O2. The van der Waals surface area contributed by atoms with Crippen LogP contribution in [0.3, 0.4) is 0 Å². The van der Waals surface area contributed by atoms with Crippen LogP contribution in [0.2, 0.25) is 0 Å². The fourth-order valence-electron chi connectivity index (χ4n) is 4.24. The van der Waals surface area contributed by atoms with Gasteiger partial charge in [-0.25, -0.2) is 0 Å². The van der Waals surface area contributed by atoms with Crippen molar-refractivity contribution in [2.24, 2.45) is 0 Å². The summed E-state index contributed by atoms with van der Waals surface area (Å²) in [7, 11) is 0. The predicted octanol–water partition coefficient (Wildman–Crippen LogP) is 8.72. The quantitative estimate of drug-likeness (QED) is 0.156. The van der Waals surface area contributed by atoms with E-state index in [0.29, 0.717) is 0 Å². The fraction of sp³-hybridized carbons (Fsp3) is 1.00. The van der Waals surface area contributed by atoms with Gasteiger partial charge in [-0.2, -0.15) is 0 Å². The van der Waals surface area contributed by atoms with Crippen LogP contribution in [-0.2, 0) is 0 Å². The van der Waals surface area contributed by atoms with Gasteiger partial charge in [0.05, 0.1) is 12.2 Å². The van der Waals surface area contributed by atoms with E-state index < -0.39 is 12.2 Å². The van der Waals surface area contributed by atoms with Crippen molar-refractivity contribution in [3.8, 4) is 0 Å². The molecule has 0 spiro atoms. The zero-order valence-corrected chi connectivity index (χ0v) is 20.3. The number of unbranched alkanes of at least 4 members (excludes halogenated alkanes) is 19. The summed E-state index contributed by atoms with van der Waals surface area (Å²) in [5, 5.41) is 20.3. The van der Waals surface area contributed by atoms with Crippen LogP contribution in [0, 0.1) is 0 Å². The summed E-state index contributed by atoms with van der Waals surface area (Å²) < 4.78 is 0. The van der Waals surface area contributed by atoms with E-state index in [2.05, 4.69) is 13.8 Å². The minimum absolute atomic E-state index is 0.507. The monoisotopic (exact) mass is 412 g/mol. The Bertz CT molecular complexity index is 292. The summed E-state index contributed by atoms with van der Waals surface area (Å²) in [5.74, 6) is 0. The van der Waals surface area contributed by atoms with Crippen molar-refractivity contribution in [1.29, 1.82) is 0 Å². The van der Waals surface area contributed by atoms with Crippen LogP contribution in [0.4, 0.5) is 0 Å². The molecule has 0 aromatic carbocycles. The Kier molecular flexibility index (Phi) is 24.1. The van der Waals surface area contributed by atoms with Crippen LogP contribution in [0.5, 0.6) is 0 Å². The molecule has 0 saturated carbocycles. The molecule has 0 aliphatic carbocycles. The van der Waals surface area contributed by atoms with Gasteiger partial charge in [0.2, 0.25) is 0 Å². The summed E-state index contributed by atoms with van der Waals surface area (Å²) >= 11 is 0. The van der Waals surface area contributed by atoms with E-state index in [0.717, 1.165) is 25.7 Å². The topological polar surface area (TPSA) is 40.5 Å². The smallest absolute Gasteiger partial charge is 0.0799 e. The number of aliphatic hydroxyl groups is 2. The van der Waals surface area contributed by atoms with E-state index in [-0.39, 0.29) is 0 Å². The zero-order valence-electron chi connectivity index (χ0n) is 20.3. The molecule has 0 aliphatic rings. The lowest BCUT2D eigenvalue weighted by Gasteiger charge is -2.17.